The molecule has 0 spiro atoms. The van der Waals surface area contributed by atoms with Crippen LogP contribution in [0.15, 0.2) is 57.1 Å². The number of benzene rings is 1. The molecule has 0 fully saturated rings. The van der Waals surface area contributed by atoms with Gasteiger partial charge in [0.1, 0.15) is 5.56 Å². The number of thiophene rings is 1. The molecule has 2 heterocycles. The number of hydrogen-bond acceptors (Lipinski definition) is 4. The molecule has 0 bridgehead atoms. The summed E-state index contributed by atoms with van der Waals surface area (Å²) in [5.41, 5.74) is 6.45. The number of carbonyl (C=O) groups is 2. The lowest BCUT2D eigenvalue weighted by atomic mass is 10.1. The van der Waals surface area contributed by atoms with Gasteiger partial charge in [-0.3, -0.25) is 25.2 Å². The van der Waals surface area contributed by atoms with Crippen molar-refractivity contribution in [3.05, 3.63) is 78.7 Å². The first-order valence-corrected chi connectivity index (χ1v) is 9.21. The number of rotatable bonds is 3. The van der Waals surface area contributed by atoms with Crippen LogP contribution in [0, 0.1) is 6.92 Å². The summed E-state index contributed by atoms with van der Waals surface area (Å²) < 4.78 is 0.803. The standard InChI is InChI=1S/C18H14BrN3O3S/c1-10-3-2-4-11(9-10)13-6-5-12(16(23)20-13)17(24)21-22-18(25)14-7-8-15(19)26-14/h2-9H,1H3,(H,20,23)(H,21,24)(H,22,25). The molecule has 0 aliphatic rings. The average molecular weight is 432 g/mol. The number of hydrazine groups is 1. The Morgan fingerprint density at radius 3 is 2.46 bits per heavy atom. The van der Waals surface area contributed by atoms with Crippen LogP contribution in [0.4, 0.5) is 0 Å². The van der Waals surface area contributed by atoms with Crippen molar-refractivity contribution >= 4 is 39.1 Å². The molecular weight excluding hydrogens is 418 g/mol. The van der Waals surface area contributed by atoms with Gasteiger partial charge < -0.3 is 4.98 Å². The van der Waals surface area contributed by atoms with Crippen LogP contribution in [0.25, 0.3) is 11.3 Å². The van der Waals surface area contributed by atoms with Gasteiger partial charge >= 0.3 is 0 Å². The minimum Gasteiger partial charge on any atom is -0.321 e. The third-order valence-corrected chi connectivity index (χ3v) is 5.19. The van der Waals surface area contributed by atoms with Gasteiger partial charge in [0.15, 0.2) is 0 Å². The Kier molecular flexibility index (Phi) is 5.34. The Labute approximate surface area is 161 Å². The van der Waals surface area contributed by atoms with Gasteiger partial charge in [-0.1, -0.05) is 23.8 Å². The summed E-state index contributed by atoms with van der Waals surface area (Å²) in [4.78, 5) is 39.4. The largest absolute Gasteiger partial charge is 0.321 e. The van der Waals surface area contributed by atoms with Crippen molar-refractivity contribution in [1.82, 2.24) is 15.8 Å². The maximum absolute atomic E-state index is 12.2. The van der Waals surface area contributed by atoms with Crippen LogP contribution in [0.1, 0.15) is 25.6 Å². The first kappa shape index (κ1) is 18.1. The van der Waals surface area contributed by atoms with E-state index in [2.05, 4.69) is 31.8 Å². The first-order valence-electron chi connectivity index (χ1n) is 7.60. The van der Waals surface area contributed by atoms with Crippen LogP contribution < -0.4 is 16.4 Å². The topological polar surface area (TPSA) is 91.1 Å². The Bertz CT molecular complexity index is 1040. The normalized spacial score (nSPS) is 10.4. The molecule has 3 aromatic rings. The molecule has 0 atom stereocenters. The molecule has 0 saturated carbocycles. The van der Waals surface area contributed by atoms with E-state index in [0.29, 0.717) is 10.6 Å². The highest BCUT2D eigenvalue weighted by atomic mass is 79.9. The second-order valence-corrected chi connectivity index (χ2v) is 7.96. The minimum absolute atomic E-state index is 0.0888. The fourth-order valence-electron chi connectivity index (χ4n) is 2.31. The third-order valence-electron chi connectivity index (χ3n) is 3.57. The van der Waals surface area contributed by atoms with Crippen molar-refractivity contribution in [2.75, 3.05) is 0 Å². The molecule has 0 unspecified atom stereocenters. The summed E-state index contributed by atoms with van der Waals surface area (Å²) in [6.45, 7) is 1.96. The van der Waals surface area contributed by atoms with Crippen LogP contribution in [0.2, 0.25) is 0 Å². The number of H-pyrrole nitrogens is 1. The van der Waals surface area contributed by atoms with Gasteiger partial charge in [0, 0.05) is 5.69 Å². The quantitative estimate of drug-likeness (QED) is 0.555. The molecular formula is C18H14BrN3O3S. The fraction of sp³-hybridized carbons (Fsp3) is 0.0556. The molecule has 6 nitrogen and oxygen atoms in total. The highest BCUT2D eigenvalue weighted by molar-refractivity contribution is 9.11. The second kappa shape index (κ2) is 7.67. The molecule has 0 aliphatic carbocycles. The highest BCUT2D eigenvalue weighted by Crippen LogP contribution is 2.21. The number of hydrogen-bond donors (Lipinski definition) is 3. The molecule has 8 heteroatoms. The smallest absolute Gasteiger partial charge is 0.279 e. The number of carbonyl (C=O) groups excluding carboxylic acids is 2. The Balaban J connectivity index is 1.72. The Morgan fingerprint density at radius 2 is 1.81 bits per heavy atom. The van der Waals surface area contributed by atoms with E-state index in [4.69, 9.17) is 0 Å². The molecule has 0 aliphatic heterocycles. The van der Waals surface area contributed by atoms with Gasteiger partial charge in [0.25, 0.3) is 17.4 Å². The summed E-state index contributed by atoms with van der Waals surface area (Å²) in [7, 11) is 0. The van der Waals surface area contributed by atoms with E-state index in [1.807, 2.05) is 31.2 Å². The summed E-state index contributed by atoms with van der Waals surface area (Å²) in [5.74, 6) is -1.15. The number of halogens is 1. The monoisotopic (exact) mass is 431 g/mol. The van der Waals surface area contributed by atoms with E-state index < -0.39 is 17.4 Å². The maximum atomic E-state index is 12.2. The number of aromatic nitrogens is 1. The molecule has 3 N–H and O–H groups in total. The van der Waals surface area contributed by atoms with Crippen molar-refractivity contribution < 1.29 is 9.59 Å². The van der Waals surface area contributed by atoms with Gasteiger partial charge in [-0.15, -0.1) is 11.3 Å². The van der Waals surface area contributed by atoms with Gasteiger partial charge in [-0.2, -0.15) is 0 Å². The lowest BCUT2D eigenvalue weighted by Gasteiger charge is -2.07. The van der Waals surface area contributed by atoms with Crippen LogP contribution >= 0.6 is 27.3 Å². The van der Waals surface area contributed by atoms with E-state index >= 15 is 0 Å². The predicted octanol–water partition coefficient (Wildman–Crippen LogP) is 3.25. The molecule has 0 saturated heterocycles. The molecule has 26 heavy (non-hydrogen) atoms. The van der Waals surface area contributed by atoms with E-state index in [-0.39, 0.29) is 5.56 Å². The van der Waals surface area contributed by atoms with Gasteiger partial charge in [0.2, 0.25) is 0 Å². The van der Waals surface area contributed by atoms with Crippen LogP contribution in [-0.4, -0.2) is 16.8 Å². The van der Waals surface area contributed by atoms with E-state index in [9.17, 15) is 14.4 Å². The lowest BCUT2D eigenvalue weighted by molar-refractivity contribution is 0.0848. The number of amides is 2. The summed E-state index contributed by atoms with van der Waals surface area (Å²) in [6.07, 6.45) is 0. The van der Waals surface area contributed by atoms with Gasteiger partial charge in [-0.05, 0) is 58.7 Å². The lowest BCUT2D eigenvalue weighted by Crippen LogP contribution is -2.43. The molecule has 1 aromatic carbocycles. The summed E-state index contributed by atoms with van der Waals surface area (Å²) >= 11 is 4.50. The maximum Gasteiger partial charge on any atom is 0.279 e. The predicted molar refractivity (Wildman–Crippen MR) is 104 cm³/mol. The SMILES string of the molecule is Cc1cccc(-c2ccc(C(=O)NNC(=O)c3ccc(Br)s3)c(=O)[nH]2)c1. The number of pyridine rings is 1. The second-order valence-electron chi connectivity index (χ2n) is 5.50. The fourth-order valence-corrected chi connectivity index (χ4v) is 3.59. The van der Waals surface area contributed by atoms with Crippen molar-refractivity contribution in [2.24, 2.45) is 0 Å². The van der Waals surface area contributed by atoms with Crippen LogP contribution in [0.3, 0.4) is 0 Å². The zero-order valence-corrected chi connectivity index (χ0v) is 16.0. The summed E-state index contributed by atoms with van der Waals surface area (Å²) in [5, 5.41) is 0. The van der Waals surface area contributed by atoms with E-state index in [0.717, 1.165) is 14.9 Å². The Hall–Kier alpha value is -2.71. The zero-order valence-electron chi connectivity index (χ0n) is 13.6. The zero-order chi connectivity index (χ0) is 18.7. The van der Waals surface area contributed by atoms with Crippen LogP contribution in [0.5, 0.6) is 0 Å². The van der Waals surface area contributed by atoms with E-state index in [1.54, 1.807) is 18.2 Å². The molecule has 2 aromatic heterocycles. The number of aromatic amines is 1. The van der Waals surface area contributed by atoms with Crippen molar-refractivity contribution in [2.45, 2.75) is 6.92 Å². The van der Waals surface area contributed by atoms with Crippen LogP contribution in [-0.2, 0) is 0 Å². The van der Waals surface area contributed by atoms with Crippen molar-refractivity contribution in [1.29, 1.82) is 0 Å². The third kappa shape index (κ3) is 4.09. The first-order chi connectivity index (χ1) is 12.4. The average Bonchev–Trinajstić information content (AvgIpc) is 3.06. The molecule has 2 amide bonds. The summed E-state index contributed by atoms with van der Waals surface area (Å²) in [6, 6.07) is 14.1. The molecule has 132 valence electrons. The highest BCUT2D eigenvalue weighted by Gasteiger charge is 2.14. The van der Waals surface area contributed by atoms with Gasteiger partial charge in [-0.25, -0.2) is 0 Å². The minimum atomic E-state index is -0.689. The number of aryl methyl sites for hydroxylation is 1. The number of nitrogens with one attached hydrogen (secondary N) is 3. The van der Waals surface area contributed by atoms with E-state index in [1.165, 1.54) is 17.4 Å². The van der Waals surface area contributed by atoms with Crippen molar-refractivity contribution in [3.63, 3.8) is 0 Å². The van der Waals surface area contributed by atoms with Gasteiger partial charge in [0.05, 0.1) is 8.66 Å². The Morgan fingerprint density at radius 1 is 1.04 bits per heavy atom. The van der Waals surface area contributed by atoms with Crippen molar-refractivity contribution in [3.8, 4) is 11.3 Å². The molecule has 3 rings (SSSR count). The molecule has 0 radical (unpaired) electrons.